The lowest BCUT2D eigenvalue weighted by molar-refractivity contribution is 0.218. The minimum absolute atomic E-state index is 0.0318. The highest BCUT2D eigenvalue weighted by atomic mass is 79.9. The minimum atomic E-state index is -0.0318. The predicted molar refractivity (Wildman–Crippen MR) is 82.7 cm³/mol. The topological polar surface area (TPSA) is 32.3 Å². The van der Waals surface area contributed by atoms with E-state index in [1.54, 1.807) is 4.90 Å². The van der Waals surface area contributed by atoms with Crippen LogP contribution in [-0.4, -0.2) is 18.0 Å². The number of hydrogen-bond acceptors (Lipinski definition) is 1. The quantitative estimate of drug-likeness (QED) is 0.810. The average molecular weight is 325 g/mol. The van der Waals surface area contributed by atoms with Crippen LogP contribution in [-0.2, 0) is 6.54 Å². The van der Waals surface area contributed by atoms with Gasteiger partial charge in [-0.05, 0) is 23.1 Å². The van der Waals surface area contributed by atoms with Gasteiger partial charge in [-0.1, -0.05) is 54.8 Å². The number of carbonyl (C=O) groups is 1. The van der Waals surface area contributed by atoms with Gasteiger partial charge in [0.1, 0.15) is 0 Å². The molecule has 0 aliphatic carbocycles. The summed E-state index contributed by atoms with van der Waals surface area (Å²) in [5.41, 5.74) is 3.43. The Labute approximate surface area is 123 Å². The van der Waals surface area contributed by atoms with Crippen LogP contribution in [0.15, 0.2) is 18.2 Å². The molecule has 1 atom stereocenters. The number of nitrogens with one attached hydrogen (secondary N) is 1. The zero-order valence-corrected chi connectivity index (χ0v) is 13.3. The molecule has 1 aliphatic rings. The van der Waals surface area contributed by atoms with E-state index in [9.17, 15) is 4.79 Å². The molecule has 2 amide bonds. The van der Waals surface area contributed by atoms with E-state index >= 15 is 0 Å². The van der Waals surface area contributed by atoms with E-state index in [1.807, 2.05) is 13.1 Å². The molecule has 1 aromatic rings. The summed E-state index contributed by atoms with van der Waals surface area (Å²) in [7, 11) is 1.82. The molecule has 2 rings (SSSR count). The SMILES string of the molecule is CCC(CC)C(Br)c1ccc2c(c1)CN(C)C(=O)N2. The van der Waals surface area contributed by atoms with Gasteiger partial charge in [0.05, 0.1) is 0 Å². The molecule has 0 saturated heterocycles. The summed E-state index contributed by atoms with van der Waals surface area (Å²) in [5.74, 6) is 0.647. The highest BCUT2D eigenvalue weighted by Gasteiger charge is 2.22. The van der Waals surface area contributed by atoms with Gasteiger partial charge < -0.3 is 10.2 Å². The maximum atomic E-state index is 11.6. The second-order valence-electron chi connectivity index (χ2n) is 5.18. The predicted octanol–water partition coefficient (Wildman–Crippen LogP) is 4.54. The first-order chi connectivity index (χ1) is 9.06. The van der Waals surface area contributed by atoms with E-state index in [4.69, 9.17) is 0 Å². The van der Waals surface area contributed by atoms with Gasteiger partial charge in [0.15, 0.2) is 0 Å². The van der Waals surface area contributed by atoms with Gasteiger partial charge in [0.2, 0.25) is 0 Å². The number of hydrogen-bond donors (Lipinski definition) is 1. The van der Waals surface area contributed by atoms with Gasteiger partial charge >= 0.3 is 6.03 Å². The van der Waals surface area contributed by atoms with Crippen molar-refractivity contribution in [3.63, 3.8) is 0 Å². The van der Waals surface area contributed by atoms with Gasteiger partial charge in [-0.2, -0.15) is 0 Å². The van der Waals surface area contributed by atoms with E-state index in [1.165, 1.54) is 24.0 Å². The number of amides is 2. The fourth-order valence-corrected chi connectivity index (χ4v) is 3.58. The molecule has 104 valence electrons. The number of urea groups is 1. The summed E-state index contributed by atoms with van der Waals surface area (Å²) >= 11 is 3.83. The summed E-state index contributed by atoms with van der Waals surface area (Å²) in [6.45, 7) is 5.14. The van der Waals surface area contributed by atoms with Crippen LogP contribution >= 0.6 is 15.9 Å². The molecule has 1 heterocycles. The first kappa shape index (κ1) is 14.4. The number of anilines is 1. The van der Waals surface area contributed by atoms with Crippen molar-refractivity contribution in [3.8, 4) is 0 Å². The number of fused-ring (bicyclic) bond motifs is 1. The molecule has 4 heteroatoms. The summed E-state index contributed by atoms with van der Waals surface area (Å²) in [5, 5.41) is 2.90. The third-order valence-electron chi connectivity index (χ3n) is 3.91. The first-order valence-corrected chi connectivity index (χ1v) is 7.77. The Balaban J connectivity index is 2.26. The smallest absolute Gasteiger partial charge is 0.321 e. The van der Waals surface area contributed by atoms with Crippen LogP contribution in [0.5, 0.6) is 0 Å². The zero-order valence-electron chi connectivity index (χ0n) is 11.7. The monoisotopic (exact) mass is 324 g/mol. The Morgan fingerprint density at radius 1 is 1.37 bits per heavy atom. The second-order valence-corrected chi connectivity index (χ2v) is 6.17. The standard InChI is InChI=1S/C15H21BrN2O/c1-4-10(5-2)14(16)11-6-7-13-12(8-11)9-18(3)15(19)17-13/h6-8,10,14H,4-5,9H2,1-3H3,(H,17,19). The molecular weight excluding hydrogens is 304 g/mol. The maximum absolute atomic E-state index is 11.6. The highest BCUT2D eigenvalue weighted by molar-refractivity contribution is 9.09. The molecule has 0 aromatic heterocycles. The molecule has 1 aliphatic heterocycles. The second kappa shape index (κ2) is 5.95. The number of halogens is 1. The van der Waals surface area contributed by atoms with Crippen LogP contribution in [0, 0.1) is 5.92 Å². The Hall–Kier alpha value is -1.03. The number of carbonyl (C=O) groups excluding carboxylic acids is 1. The molecule has 1 N–H and O–H groups in total. The van der Waals surface area contributed by atoms with Crippen molar-refractivity contribution in [1.29, 1.82) is 0 Å². The maximum Gasteiger partial charge on any atom is 0.321 e. The van der Waals surface area contributed by atoms with Crippen LogP contribution in [0.1, 0.15) is 42.6 Å². The van der Waals surface area contributed by atoms with E-state index in [2.05, 4.69) is 47.2 Å². The van der Waals surface area contributed by atoms with E-state index in [0.29, 0.717) is 17.3 Å². The Kier molecular flexibility index (Phi) is 4.50. The third kappa shape index (κ3) is 2.94. The number of alkyl halides is 1. The summed E-state index contributed by atoms with van der Waals surface area (Å²) < 4.78 is 0. The van der Waals surface area contributed by atoms with E-state index in [-0.39, 0.29) is 6.03 Å². The zero-order chi connectivity index (χ0) is 14.0. The van der Waals surface area contributed by atoms with Crippen molar-refractivity contribution in [2.45, 2.75) is 38.1 Å². The van der Waals surface area contributed by atoms with Crippen molar-refractivity contribution in [2.75, 3.05) is 12.4 Å². The van der Waals surface area contributed by atoms with Crippen molar-refractivity contribution in [2.24, 2.45) is 5.92 Å². The lowest BCUT2D eigenvalue weighted by Gasteiger charge is -2.27. The molecule has 1 aromatic carbocycles. The van der Waals surface area contributed by atoms with E-state index in [0.717, 1.165) is 5.69 Å². The lowest BCUT2D eigenvalue weighted by atomic mass is 9.93. The molecule has 0 radical (unpaired) electrons. The highest BCUT2D eigenvalue weighted by Crippen LogP contribution is 2.37. The van der Waals surface area contributed by atoms with Crippen LogP contribution in [0.2, 0.25) is 0 Å². The van der Waals surface area contributed by atoms with Gasteiger partial charge in [0, 0.05) is 24.1 Å². The molecule has 0 saturated carbocycles. The van der Waals surface area contributed by atoms with Crippen molar-refractivity contribution >= 4 is 27.6 Å². The number of nitrogens with zero attached hydrogens (tertiary/aromatic N) is 1. The van der Waals surface area contributed by atoms with Crippen molar-refractivity contribution in [3.05, 3.63) is 29.3 Å². The molecule has 3 nitrogen and oxygen atoms in total. The average Bonchev–Trinajstić information content (AvgIpc) is 2.41. The van der Waals surface area contributed by atoms with Crippen LogP contribution < -0.4 is 5.32 Å². The third-order valence-corrected chi connectivity index (χ3v) is 5.18. The van der Waals surface area contributed by atoms with Gasteiger partial charge in [-0.15, -0.1) is 0 Å². The van der Waals surface area contributed by atoms with Crippen LogP contribution in [0.4, 0.5) is 10.5 Å². The van der Waals surface area contributed by atoms with E-state index < -0.39 is 0 Å². The van der Waals surface area contributed by atoms with Gasteiger partial charge in [-0.3, -0.25) is 0 Å². The minimum Gasteiger partial charge on any atom is -0.323 e. The fraction of sp³-hybridized carbons (Fsp3) is 0.533. The number of benzene rings is 1. The largest absolute Gasteiger partial charge is 0.323 e. The van der Waals surface area contributed by atoms with Crippen LogP contribution in [0.3, 0.4) is 0 Å². The molecule has 0 bridgehead atoms. The first-order valence-electron chi connectivity index (χ1n) is 6.85. The summed E-state index contributed by atoms with van der Waals surface area (Å²) in [4.78, 5) is 13.7. The molecule has 1 unspecified atom stereocenters. The van der Waals surface area contributed by atoms with Gasteiger partial charge in [-0.25, -0.2) is 4.79 Å². The van der Waals surface area contributed by atoms with Crippen molar-refractivity contribution < 1.29 is 4.79 Å². The van der Waals surface area contributed by atoms with Crippen LogP contribution in [0.25, 0.3) is 0 Å². The normalized spacial score (nSPS) is 16.3. The Morgan fingerprint density at radius 3 is 2.68 bits per heavy atom. The molecule has 19 heavy (non-hydrogen) atoms. The van der Waals surface area contributed by atoms with Gasteiger partial charge in [0.25, 0.3) is 0 Å². The lowest BCUT2D eigenvalue weighted by Crippen LogP contribution is -2.35. The van der Waals surface area contributed by atoms with Crippen molar-refractivity contribution in [1.82, 2.24) is 4.90 Å². The molecular formula is C15H21BrN2O. The Morgan fingerprint density at radius 2 is 2.05 bits per heavy atom. The Bertz CT molecular complexity index is 471. The fourth-order valence-electron chi connectivity index (χ4n) is 2.55. The summed E-state index contributed by atoms with van der Waals surface area (Å²) in [6, 6.07) is 6.31. The summed E-state index contributed by atoms with van der Waals surface area (Å²) in [6.07, 6.45) is 2.33. The number of rotatable bonds is 4. The molecule has 0 fully saturated rings. The molecule has 0 spiro atoms.